The monoisotopic (exact) mass is 284 g/mol. The van der Waals surface area contributed by atoms with E-state index in [1.807, 2.05) is 0 Å². The van der Waals surface area contributed by atoms with Gasteiger partial charge in [-0.05, 0) is 25.0 Å². The van der Waals surface area contributed by atoms with Gasteiger partial charge < -0.3 is 10.6 Å². The molecule has 1 saturated carbocycles. The van der Waals surface area contributed by atoms with E-state index >= 15 is 0 Å². The molecule has 106 valence electrons. The standard InChI is InChI=1S/C12H20N4O2S/c13-7-8-16(10-3-1-2-4-10)12-6-5-11(9-15-12)19(14,17)18/h5-6,9-10H,1-4,7-8,13H2,(H2,14,17,18). The second-order valence-electron chi connectivity index (χ2n) is 4.82. The summed E-state index contributed by atoms with van der Waals surface area (Å²) in [6.45, 7) is 1.28. The Morgan fingerprint density at radius 1 is 1.32 bits per heavy atom. The van der Waals surface area contributed by atoms with Crippen LogP contribution < -0.4 is 15.8 Å². The van der Waals surface area contributed by atoms with Gasteiger partial charge in [-0.15, -0.1) is 0 Å². The third kappa shape index (κ3) is 3.43. The van der Waals surface area contributed by atoms with Crippen molar-refractivity contribution in [2.45, 2.75) is 36.6 Å². The molecule has 1 aromatic heterocycles. The average molecular weight is 284 g/mol. The number of hydrogen-bond donors (Lipinski definition) is 2. The second kappa shape index (κ2) is 5.85. The maximum atomic E-state index is 11.2. The lowest BCUT2D eigenvalue weighted by Crippen LogP contribution is -2.37. The lowest BCUT2D eigenvalue weighted by atomic mass is 10.2. The minimum absolute atomic E-state index is 0.0374. The molecule has 0 aliphatic heterocycles. The third-order valence-electron chi connectivity index (χ3n) is 3.48. The van der Waals surface area contributed by atoms with Gasteiger partial charge in [0.25, 0.3) is 0 Å². The molecule has 7 heteroatoms. The van der Waals surface area contributed by atoms with E-state index in [0.29, 0.717) is 12.6 Å². The van der Waals surface area contributed by atoms with Crippen LogP contribution in [-0.2, 0) is 10.0 Å². The molecule has 2 rings (SSSR count). The first kappa shape index (κ1) is 14.2. The number of rotatable bonds is 5. The first-order chi connectivity index (χ1) is 9.02. The number of primary sulfonamides is 1. The van der Waals surface area contributed by atoms with Gasteiger partial charge in [-0.3, -0.25) is 0 Å². The molecule has 0 aromatic carbocycles. The highest BCUT2D eigenvalue weighted by Crippen LogP contribution is 2.27. The number of anilines is 1. The van der Waals surface area contributed by atoms with Crippen molar-refractivity contribution >= 4 is 15.8 Å². The Hall–Kier alpha value is -1.18. The van der Waals surface area contributed by atoms with Crippen LogP contribution in [0.15, 0.2) is 23.2 Å². The minimum atomic E-state index is -3.68. The van der Waals surface area contributed by atoms with Gasteiger partial charge in [0.1, 0.15) is 10.7 Å². The Kier molecular flexibility index (Phi) is 4.38. The molecule has 6 nitrogen and oxygen atoms in total. The first-order valence-corrected chi connectivity index (χ1v) is 8.02. The number of hydrogen-bond acceptors (Lipinski definition) is 5. The SMILES string of the molecule is NCCN(c1ccc(S(N)(=O)=O)cn1)C1CCCC1. The smallest absolute Gasteiger partial charge is 0.239 e. The van der Waals surface area contributed by atoms with Gasteiger partial charge in [-0.1, -0.05) is 12.8 Å². The van der Waals surface area contributed by atoms with Crippen LogP contribution in [0.25, 0.3) is 0 Å². The third-order valence-corrected chi connectivity index (χ3v) is 4.38. The lowest BCUT2D eigenvalue weighted by molar-refractivity contribution is 0.595. The topological polar surface area (TPSA) is 102 Å². The summed E-state index contributed by atoms with van der Waals surface area (Å²) < 4.78 is 22.4. The van der Waals surface area contributed by atoms with Gasteiger partial charge in [0, 0.05) is 25.3 Å². The summed E-state index contributed by atoms with van der Waals surface area (Å²) in [6.07, 6.45) is 6.03. The highest BCUT2D eigenvalue weighted by atomic mass is 32.2. The van der Waals surface area contributed by atoms with Crippen molar-refractivity contribution in [3.05, 3.63) is 18.3 Å². The van der Waals surface area contributed by atoms with Crippen molar-refractivity contribution in [1.82, 2.24) is 4.98 Å². The van der Waals surface area contributed by atoms with E-state index in [2.05, 4.69) is 9.88 Å². The maximum Gasteiger partial charge on any atom is 0.239 e. The average Bonchev–Trinajstić information content (AvgIpc) is 2.89. The van der Waals surface area contributed by atoms with Crippen LogP contribution in [0.1, 0.15) is 25.7 Å². The summed E-state index contributed by atoms with van der Waals surface area (Å²) >= 11 is 0. The molecule has 0 bridgehead atoms. The predicted octanol–water partition coefficient (Wildman–Crippen LogP) is 0.437. The fourth-order valence-electron chi connectivity index (χ4n) is 2.55. The highest BCUT2D eigenvalue weighted by Gasteiger charge is 2.23. The van der Waals surface area contributed by atoms with Crippen molar-refractivity contribution < 1.29 is 8.42 Å². The van der Waals surface area contributed by atoms with Crippen LogP contribution in [0.4, 0.5) is 5.82 Å². The molecule has 19 heavy (non-hydrogen) atoms. The van der Waals surface area contributed by atoms with E-state index in [-0.39, 0.29) is 4.90 Å². The molecule has 0 radical (unpaired) electrons. The number of nitrogens with zero attached hydrogens (tertiary/aromatic N) is 2. The van der Waals surface area contributed by atoms with E-state index in [1.54, 1.807) is 6.07 Å². The molecule has 0 spiro atoms. The molecule has 1 heterocycles. The van der Waals surface area contributed by atoms with Crippen LogP contribution in [0.3, 0.4) is 0 Å². The van der Waals surface area contributed by atoms with E-state index in [9.17, 15) is 8.42 Å². The molecule has 4 N–H and O–H groups in total. The lowest BCUT2D eigenvalue weighted by Gasteiger charge is -2.29. The van der Waals surface area contributed by atoms with Gasteiger partial charge in [0.05, 0.1) is 0 Å². The van der Waals surface area contributed by atoms with Gasteiger partial charge in [0.15, 0.2) is 0 Å². The van der Waals surface area contributed by atoms with Crippen LogP contribution in [0.5, 0.6) is 0 Å². The summed E-state index contributed by atoms with van der Waals surface area (Å²) in [4.78, 5) is 6.42. The van der Waals surface area contributed by atoms with Crippen LogP contribution in [0, 0.1) is 0 Å². The largest absolute Gasteiger partial charge is 0.352 e. The van der Waals surface area contributed by atoms with E-state index < -0.39 is 10.0 Å². The van der Waals surface area contributed by atoms with Crippen molar-refractivity contribution in [3.8, 4) is 0 Å². The molecule has 0 saturated heterocycles. The van der Waals surface area contributed by atoms with Gasteiger partial charge >= 0.3 is 0 Å². The number of pyridine rings is 1. The predicted molar refractivity (Wildman–Crippen MR) is 74.3 cm³/mol. The van der Waals surface area contributed by atoms with Crippen molar-refractivity contribution in [2.24, 2.45) is 10.9 Å². The molecular weight excluding hydrogens is 264 g/mol. The number of aromatic nitrogens is 1. The minimum Gasteiger partial charge on any atom is -0.352 e. The fraction of sp³-hybridized carbons (Fsp3) is 0.583. The molecular formula is C12H20N4O2S. The highest BCUT2D eigenvalue weighted by molar-refractivity contribution is 7.89. The second-order valence-corrected chi connectivity index (χ2v) is 6.38. The zero-order valence-electron chi connectivity index (χ0n) is 10.8. The van der Waals surface area contributed by atoms with Crippen LogP contribution >= 0.6 is 0 Å². The zero-order chi connectivity index (χ0) is 13.9. The summed E-state index contributed by atoms with van der Waals surface area (Å²) in [5.74, 6) is 0.768. The maximum absolute atomic E-state index is 11.2. The van der Waals surface area contributed by atoms with Crippen molar-refractivity contribution in [3.63, 3.8) is 0 Å². The Bertz CT molecular complexity index is 509. The van der Waals surface area contributed by atoms with Gasteiger partial charge in [-0.2, -0.15) is 0 Å². The molecule has 0 unspecified atom stereocenters. The fourth-order valence-corrected chi connectivity index (χ4v) is 3.01. The Labute approximate surface area is 113 Å². The van der Waals surface area contributed by atoms with E-state index in [1.165, 1.54) is 25.1 Å². The molecule has 0 atom stereocenters. The Morgan fingerprint density at radius 2 is 2.00 bits per heavy atom. The molecule has 1 aliphatic carbocycles. The van der Waals surface area contributed by atoms with Gasteiger partial charge in [0.2, 0.25) is 10.0 Å². The number of nitrogens with two attached hydrogens (primary N) is 2. The summed E-state index contributed by atoms with van der Waals surface area (Å²) in [5, 5.41) is 5.06. The summed E-state index contributed by atoms with van der Waals surface area (Å²) in [5.41, 5.74) is 5.65. The Balaban J connectivity index is 2.22. The van der Waals surface area contributed by atoms with Crippen molar-refractivity contribution in [2.75, 3.05) is 18.0 Å². The quantitative estimate of drug-likeness (QED) is 0.816. The Morgan fingerprint density at radius 3 is 2.47 bits per heavy atom. The summed E-state index contributed by atoms with van der Waals surface area (Å²) in [7, 11) is -3.68. The van der Waals surface area contributed by atoms with E-state index in [0.717, 1.165) is 25.2 Å². The first-order valence-electron chi connectivity index (χ1n) is 6.48. The molecule has 0 amide bonds. The van der Waals surface area contributed by atoms with Gasteiger partial charge in [-0.25, -0.2) is 18.5 Å². The van der Waals surface area contributed by atoms with Crippen LogP contribution in [0.2, 0.25) is 0 Å². The van der Waals surface area contributed by atoms with E-state index in [4.69, 9.17) is 10.9 Å². The normalized spacial score (nSPS) is 16.7. The molecule has 1 aromatic rings. The van der Waals surface area contributed by atoms with Crippen molar-refractivity contribution in [1.29, 1.82) is 0 Å². The number of sulfonamides is 1. The molecule has 1 aliphatic rings. The molecule has 1 fully saturated rings. The summed E-state index contributed by atoms with van der Waals surface area (Å²) in [6, 6.07) is 3.65. The van der Waals surface area contributed by atoms with Crippen LogP contribution in [-0.4, -0.2) is 32.5 Å². The zero-order valence-corrected chi connectivity index (χ0v) is 11.6.